The number of hydrogen-bond donors (Lipinski definition) is 1. The van der Waals surface area contributed by atoms with Crippen LogP contribution in [0.5, 0.6) is 0 Å². The molecule has 2 amide bonds. The first-order valence-corrected chi connectivity index (χ1v) is 11.8. The lowest BCUT2D eigenvalue weighted by Gasteiger charge is -2.29. The summed E-state index contributed by atoms with van der Waals surface area (Å²) in [6.07, 6.45) is 0. The number of non-ortho nitro benzene ring substituents is 1. The van der Waals surface area contributed by atoms with E-state index in [2.05, 4.69) is 5.32 Å². The van der Waals surface area contributed by atoms with Crippen LogP contribution in [0.25, 0.3) is 0 Å². The maximum absolute atomic E-state index is 13.1. The molecule has 0 aliphatic rings. The monoisotopic (exact) mass is 457 g/mol. The first-order chi connectivity index (χ1) is 15.2. The van der Waals surface area contributed by atoms with Gasteiger partial charge < -0.3 is 10.2 Å². The molecule has 0 heterocycles. The lowest BCUT2D eigenvalue weighted by molar-refractivity contribution is -0.384. The third-order valence-corrected chi connectivity index (χ3v) is 5.96. The van der Waals surface area contributed by atoms with Crippen LogP contribution in [0.15, 0.2) is 48.5 Å². The van der Waals surface area contributed by atoms with Crippen LogP contribution in [0, 0.1) is 23.0 Å². The Hall–Kier alpha value is -2.87. The fourth-order valence-corrected chi connectivity index (χ4v) is 3.85. The van der Waals surface area contributed by atoms with E-state index in [4.69, 9.17) is 0 Å². The summed E-state index contributed by atoms with van der Waals surface area (Å²) in [5.74, 6) is 0.801. The van der Waals surface area contributed by atoms with E-state index in [9.17, 15) is 19.7 Å². The number of nitro benzene ring substituents is 1. The van der Waals surface area contributed by atoms with Gasteiger partial charge >= 0.3 is 0 Å². The van der Waals surface area contributed by atoms with Crippen LogP contribution in [0.2, 0.25) is 0 Å². The second-order valence-electron chi connectivity index (χ2n) is 8.24. The van der Waals surface area contributed by atoms with Gasteiger partial charge in [0.05, 0.1) is 10.7 Å². The highest BCUT2D eigenvalue weighted by Gasteiger charge is 2.26. The molecule has 0 fully saturated rings. The Kier molecular flexibility index (Phi) is 9.71. The van der Waals surface area contributed by atoms with Gasteiger partial charge in [0.2, 0.25) is 11.8 Å². The number of aryl methyl sites for hydroxylation is 1. The Morgan fingerprint density at radius 2 is 1.62 bits per heavy atom. The van der Waals surface area contributed by atoms with Gasteiger partial charge in [-0.2, -0.15) is 0 Å². The fraction of sp³-hybridized carbons (Fsp3) is 0.417. The number of nitrogens with one attached hydrogen (secondary N) is 1. The summed E-state index contributed by atoms with van der Waals surface area (Å²) in [6.45, 7) is 8.72. The van der Waals surface area contributed by atoms with Gasteiger partial charge in [0.15, 0.2) is 0 Å². The second-order valence-corrected chi connectivity index (χ2v) is 9.22. The van der Waals surface area contributed by atoms with Gasteiger partial charge in [0.25, 0.3) is 5.69 Å². The molecule has 172 valence electrons. The van der Waals surface area contributed by atoms with E-state index >= 15 is 0 Å². The van der Waals surface area contributed by atoms with Gasteiger partial charge in [-0.15, -0.1) is 11.8 Å². The Labute approximate surface area is 193 Å². The zero-order chi connectivity index (χ0) is 23.7. The number of nitrogens with zero attached hydrogens (tertiary/aromatic N) is 2. The summed E-state index contributed by atoms with van der Waals surface area (Å²) >= 11 is 1.42. The van der Waals surface area contributed by atoms with Crippen molar-refractivity contribution in [1.29, 1.82) is 0 Å². The van der Waals surface area contributed by atoms with Gasteiger partial charge in [-0.25, -0.2) is 0 Å². The minimum absolute atomic E-state index is 0.0420. The first-order valence-electron chi connectivity index (χ1n) is 10.6. The first kappa shape index (κ1) is 25.4. The molecular formula is C24H31N3O4S. The summed E-state index contributed by atoms with van der Waals surface area (Å²) in [4.78, 5) is 37.7. The number of carbonyl (C=O) groups excluding carboxylic acids is 2. The van der Waals surface area contributed by atoms with Crippen LogP contribution >= 0.6 is 11.8 Å². The van der Waals surface area contributed by atoms with Crippen LogP contribution in [0.1, 0.15) is 37.5 Å². The van der Waals surface area contributed by atoms with Gasteiger partial charge in [-0.3, -0.25) is 19.7 Å². The van der Waals surface area contributed by atoms with Crippen molar-refractivity contribution in [2.75, 3.05) is 12.3 Å². The quantitative estimate of drug-likeness (QED) is 0.401. The molecule has 0 saturated heterocycles. The highest BCUT2D eigenvalue weighted by atomic mass is 32.2. The number of hydrogen-bond acceptors (Lipinski definition) is 5. The number of benzene rings is 2. The molecule has 0 saturated carbocycles. The zero-order valence-electron chi connectivity index (χ0n) is 19.0. The van der Waals surface area contributed by atoms with E-state index in [1.54, 1.807) is 24.0 Å². The molecule has 8 heteroatoms. The van der Waals surface area contributed by atoms with E-state index in [0.29, 0.717) is 24.8 Å². The largest absolute Gasteiger partial charge is 0.354 e. The predicted octanol–water partition coefficient (Wildman–Crippen LogP) is 4.33. The van der Waals surface area contributed by atoms with Crippen molar-refractivity contribution in [3.63, 3.8) is 0 Å². The van der Waals surface area contributed by atoms with Gasteiger partial charge in [0, 0.05) is 31.0 Å². The normalized spacial score (nSPS) is 11.8. The van der Waals surface area contributed by atoms with E-state index in [0.717, 1.165) is 16.7 Å². The Balaban J connectivity index is 2.03. The molecule has 1 atom stereocenters. The molecule has 0 spiro atoms. The minimum atomic E-state index is -0.595. The van der Waals surface area contributed by atoms with Crippen molar-refractivity contribution >= 4 is 29.3 Å². The molecule has 0 bridgehead atoms. The number of nitro groups is 1. The molecule has 0 aliphatic carbocycles. The molecule has 0 aliphatic heterocycles. The molecule has 0 unspecified atom stereocenters. The predicted molar refractivity (Wildman–Crippen MR) is 128 cm³/mol. The Morgan fingerprint density at radius 3 is 2.19 bits per heavy atom. The lowest BCUT2D eigenvalue weighted by atomic mass is 10.1. The third-order valence-electron chi connectivity index (χ3n) is 4.97. The van der Waals surface area contributed by atoms with Crippen LogP contribution in [-0.2, 0) is 21.9 Å². The molecule has 0 radical (unpaired) electrons. The van der Waals surface area contributed by atoms with Crippen LogP contribution < -0.4 is 5.32 Å². The van der Waals surface area contributed by atoms with E-state index in [-0.39, 0.29) is 23.3 Å². The molecule has 2 aromatic rings. The highest BCUT2D eigenvalue weighted by Crippen LogP contribution is 2.19. The smallest absolute Gasteiger partial charge is 0.269 e. The topological polar surface area (TPSA) is 92.6 Å². The summed E-state index contributed by atoms with van der Waals surface area (Å²) in [6, 6.07) is 13.6. The molecule has 2 aromatic carbocycles. The van der Waals surface area contributed by atoms with Crippen LogP contribution in [0.4, 0.5) is 5.69 Å². The Morgan fingerprint density at radius 1 is 1.03 bits per heavy atom. The van der Waals surface area contributed by atoms with Gasteiger partial charge in [-0.05, 0) is 30.9 Å². The maximum atomic E-state index is 13.1. The molecular weight excluding hydrogens is 426 g/mol. The highest BCUT2D eigenvalue weighted by molar-refractivity contribution is 7.99. The van der Waals surface area contributed by atoms with Crippen molar-refractivity contribution in [2.24, 2.45) is 5.92 Å². The van der Waals surface area contributed by atoms with E-state index < -0.39 is 11.0 Å². The van der Waals surface area contributed by atoms with Crippen molar-refractivity contribution < 1.29 is 14.5 Å². The zero-order valence-corrected chi connectivity index (χ0v) is 19.9. The average molecular weight is 458 g/mol. The number of amides is 2. The minimum Gasteiger partial charge on any atom is -0.354 e. The van der Waals surface area contributed by atoms with E-state index in [1.807, 2.05) is 45.0 Å². The summed E-state index contributed by atoms with van der Waals surface area (Å²) in [5, 5.41) is 13.7. The van der Waals surface area contributed by atoms with Crippen molar-refractivity contribution in [1.82, 2.24) is 10.2 Å². The van der Waals surface area contributed by atoms with Crippen molar-refractivity contribution in [3.05, 3.63) is 75.3 Å². The van der Waals surface area contributed by atoms with E-state index in [1.165, 1.54) is 23.9 Å². The van der Waals surface area contributed by atoms with Gasteiger partial charge in [-0.1, -0.05) is 55.8 Å². The number of rotatable bonds is 11. The number of carbonyl (C=O) groups is 2. The molecule has 2 rings (SSSR count). The summed E-state index contributed by atoms with van der Waals surface area (Å²) in [5.41, 5.74) is 3.04. The van der Waals surface area contributed by atoms with Crippen molar-refractivity contribution in [2.45, 2.75) is 46.0 Å². The SMILES string of the molecule is Cc1ccc(CN(C(=O)CSCc2ccc([N+](=O)[O-])cc2)[C@H](C)C(=O)NCC(C)C)cc1. The van der Waals surface area contributed by atoms with Gasteiger partial charge in [0.1, 0.15) is 6.04 Å². The summed E-state index contributed by atoms with van der Waals surface area (Å²) < 4.78 is 0. The maximum Gasteiger partial charge on any atom is 0.269 e. The second kappa shape index (κ2) is 12.2. The summed E-state index contributed by atoms with van der Waals surface area (Å²) in [7, 11) is 0. The van der Waals surface area contributed by atoms with Crippen LogP contribution in [-0.4, -0.2) is 40.0 Å². The lowest BCUT2D eigenvalue weighted by Crippen LogP contribution is -2.48. The molecule has 0 aromatic heterocycles. The Bertz CT molecular complexity index is 914. The van der Waals surface area contributed by atoms with Crippen molar-refractivity contribution in [3.8, 4) is 0 Å². The standard InChI is InChI=1S/C24H31N3O4S/c1-17(2)13-25-24(29)19(4)26(14-20-7-5-18(3)6-8-20)23(28)16-32-15-21-9-11-22(12-10-21)27(30)31/h5-12,17,19H,13-16H2,1-4H3,(H,25,29)/t19-/m1/s1. The third kappa shape index (κ3) is 8.00. The molecule has 7 nitrogen and oxygen atoms in total. The number of thioether (sulfide) groups is 1. The van der Waals surface area contributed by atoms with Crippen LogP contribution in [0.3, 0.4) is 0 Å². The fourth-order valence-electron chi connectivity index (χ4n) is 2.98. The molecule has 1 N–H and O–H groups in total. The average Bonchev–Trinajstić information content (AvgIpc) is 2.76. The molecule has 32 heavy (non-hydrogen) atoms.